The van der Waals surface area contributed by atoms with Crippen molar-refractivity contribution in [2.75, 3.05) is 18.0 Å². The van der Waals surface area contributed by atoms with E-state index in [1.54, 1.807) is 18.2 Å². The van der Waals surface area contributed by atoms with Crippen molar-refractivity contribution in [3.8, 4) is 11.6 Å². The summed E-state index contributed by atoms with van der Waals surface area (Å²) in [6.07, 6.45) is -1.04. The van der Waals surface area contributed by atoms with E-state index in [-0.39, 0.29) is 10.8 Å². The molecule has 0 amide bonds. The van der Waals surface area contributed by atoms with Crippen molar-refractivity contribution in [2.45, 2.75) is 19.0 Å². The van der Waals surface area contributed by atoms with Crippen molar-refractivity contribution in [2.24, 2.45) is 0 Å². The summed E-state index contributed by atoms with van der Waals surface area (Å²) in [5, 5.41) is 0.258. The molecule has 0 aliphatic carbocycles. The van der Waals surface area contributed by atoms with Crippen LogP contribution < -0.4 is 9.64 Å². The smallest absolute Gasteiger partial charge is 0.421 e. The van der Waals surface area contributed by atoms with Crippen molar-refractivity contribution >= 4 is 17.3 Å². The van der Waals surface area contributed by atoms with Crippen LogP contribution in [-0.2, 0) is 6.18 Å². The number of hydrogen-bond acceptors (Lipinski definition) is 3. The van der Waals surface area contributed by atoms with E-state index in [4.69, 9.17) is 16.3 Å². The highest BCUT2D eigenvalue weighted by molar-refractivity contribution is 6.32. The van der Waals surface area contributed by atoms with Crippen molar-refractivity contribution in [1.29, 1.82) is 0 Å². The zero-order valence-corrected chi connectivity index (χ0v) is 12.9. The Hall–Kier alpha value is -1.95. The number of hydrogen-bond donors (Lipinski definition) is 0. The van der Waals surface area contributed by atoms with E-state index in [0.29, 0.717) is 0 Å². The molecule has 0 bridgehead atoms. The highest BCUT2D eigenvalue weighted by Crippen LogP contribution is 2.39. The number of benzene rings is 1. The van der Waals surface area contributed by atoms with Crippen molar-refractivity contribution < 1.29 is 17.9 Å². The fraction of sp³-hybridized carbons (Fsp3) is 0.312. The molecule has 0 unspecified atom stereocenters. The van der Waals surface area contributed by atoms with Gasteiger partial charge in [0.1, 0.15) is 11.3 Å². The Bertz CT molecular complexity index is 700. The van der Waals surface area contributed by atoms with Crippen LogP contribution in [0.15, 0.2) is 36.5 Å². The number of anilines is 1. The second-order valence-electron chi connectivity index (χ2n) is 5.26. The average Bonchev–Trinajstić information content (AvgIpc) is 3.03. The van der Waals surface area contributed by atoms with Gasteiger partial charge in [0, 0.05) is 25.0 Å². The Kier molecular flexibility index (Phi) is 4.35. The largest absolute Gasteiger partial charge is 0.437 e. The molecular weight excluding hydrogens is 329 g/mol. The van der Waals surface area contributed by atoms with E-state index in [1.165, 1.54) is 12.3 Å². The Morgan fingerprint density at radius 1 is 1.13 bits per heavy atom. The molecule has 0 spiro atoms. The number of pyridine rings is 1. The van der Waals surface area contributed by atoms with Gasteiger partial charge in [0.2, 0.25) is 5.88 Å². The number of aromatic nitrogens is 1. The third-order valence-electron chi connectivity index (χ3n) is 3.67. The molecule has 3 nitrogen and oxygen atoms in total. The van der Waals surface area contributed by atoms with Gasteiger partial charge in [-0.25, -0.2) is 4.98 Å². The predicted octanol–water partition coefficient (Wildman–Crippen LogP) is 5.15. The summed E-state index contributed by atoms with van der Waals surface area (Å²) in [6.45, 7) is 1.91. The fourth-order valence-electron chi connectivity index (χ4n) is 2.54. The maximum atomic E-state index is 13.0. The standard InChI is InChI=1S/C16H14ClF3N2O/c17-13-10-11(22-8-1-2-9-22)5-6-14(13)23-15-12(16(18,19)20)4-3-7-21-15/h3-7,10H,1-2,8-9H2. The Labute approximate surface area is 136 Å². The molecule has 0 atom stereocenters. The van der Waals surface area contributed by atoms with E-state index in [0.717, 1.165) is 37.7 Å². The van der Waals surface area contributed by atoms with Gasteiger partial charge in [0.15, 0.2) is 0 Å². The first-order chi connectivity index (χ1) is 10.9. The maximum absolute atomic E-state index is 13.0. The van der Waals surface area contributed by atoms with Gasteiger partial charge in [-0.15, -0.1) is 0 Å². The predicted molar refractivity (Wildman–Crippen MR) is 82.2 cm³/mol. The van der Waals surface area contributed by atoms with Crippen molar-refractivity contribution in [3.05, 3.63) is 47.1 Å². The minimum absolute atomic E-state index is 0.152. The molecule has 2 aromatic rings. The van der Waals surface area contributed by atoms with Crippen LogP contribution in [-0.4, -0.2) is 18.1 Å². The summed E-state index contributed by atoms with van der Waals surface area (Å²) in [6, 6.07) is 7.22. The van der Waals surface area contributed by atoms with Gasteiger partial charge in [-0.2, -0.15) is 13.2 Å². The molecular formula is C16H14ClF3N2O. The molecule has 1 aliphatic rings. The van der Waals surface area contributed by atoms with Gasteiger partial charge >= 0.3 is 6.18 Å². The molecule has 7 heteroatoms. The van der Waals surface area contributed by atoms with Gasteiger partial charge in [-0.1, -0.05) is 11.6 Å². The van der Waals surface area contributed by atoms with Crippen molar-refractivity contribution in [3.63, 3.8) is 0 Å². The average molecular weight is 343 g/mol. The third-order valence-corrected chi connectivity index (χ3v) is 3.97. The molecule has 0 saturated carbocycles. The van der Waals surface area contributed by atoms with Gasteiger partial charge < -0.3 is 9.64 Å². The van der Waals surface area contributed by atoms with Crippen LogP contribution in [0.2, 0.25) is 5.02 Å². The topological polar surface area (TPSA) is 25.4 Å². The van der Waals surface area contributed by atoms with Crippen molar-refractivity contribution in [1.82, 2.24) is 4.98 Å². The molecule has 122 valence electrons. The van der Waals surface area contributed by atoms with Crippen LogP contribution in [0.5, 0.6) is 11.6 Å². The van der Waals surface area contributed by atoms with E-state index in [2.05, 4.69) is 9.88 Å². The Balaban J connectivity index is 1.86. The van der Waals surface area contributed by atoms with E-state index >= 15 is 0 Å². The first-order valence-electron chi connectivity index (χ1n) is 7.20. The summed E-state index contributed by atoms with van der Waals surface area (Å²) in [7, 11) is 0. The summed E-state index contributed by atoms with van der Waals surface area (Å²) in [5.74, 6) is -0.352. The quantitative estimate of drug-likeness (QED) is 0.771. The van der Waals surface area contributed by atoms with Crippen LogP contribution in [0, 0.1) is 0 Å². The number of alkyl halides is 3. The maximum Gasteiger partial charge on any atom is 0.421 e. The molecule has 23 heavy (non-hydrogen) atoms. The third kappa shape index (κ3) is 3.52. The molecule has 0 N–H and O–H groups in total. The van der Waals surface area contributed by atoms with Crippen LogP contribution in [0.25, 0.3) is 0 Å². The number of rotatable bonds is 3. The van der Waals surface area contributed by atoms with Crippen LogP contribution in [0.1, 0.15) is 18.4 Å². The molecule has 3 rings (SSSR count). The summed E-state index contributed by atoms with van der Waals surface area (Å²) < 4.78 is 44.2. The molecule has 1 aliphatic heterocycles. The zero-order valence-electron chi connectivity index (χ0n) is 12.1. The Morgan fingerprint density at radius 2 is 1.87 bits per heavy atom. The van der Waals surface area contributed by atoms with Gasteiger partial charge in [-0.3, -0.25) is 0 Å². The summed E-state index contributed by atoms with van der Waals surface area (Å²) >= 11 is 6.16. The number of ether oxygens (including phenoxy) is 1. The molecule has 2 heterocycles. The number of nitrogens with zero attached hydrogens (tertiary/aromatic N) is 2. The summed E-state index contributed by atoms with van der Waals surface area (Å²) in [4.78, 5) is 5.85. The first-order valence-corrected chi connectivity index (χ1v) is 7.57. The molecule has 1 aromatic carbocycles. The molecule has 1 saturated heterocycles. The lowest BCUT2D eigenvalue weighted by Crippen LogP contribution is -2.17. The monoisotopic (exact) mass is 342 g/mol. The van der Waals surface area contributed by atoms with Crippen LogP contribution in [0.4, 0.5) is 18.9 Å². The Morgan fingerprint density at radius 3 is 2.52 bits per heavy atom. The lowest BCUT2D eigenvalue weighted by Gasteiger charge is -2.19. The fourth-order valence-corrected chi connectivity index (χ4v) is 2.75. The molecule has 0 radical (unpaired) electrons. The second-order valence-corrected chi connectivity index (χ2v) is 5.67. The second kappa shape index (κ2) is 6.28. The van der Waals surface area contributed by atoms with Gasteiger partial charge in [0.25, 0.3) is 0 Å². The SMILES string of the molecule is FC(F)(F)c1cccnc1Oc1ccc(N2CCCC2)cc1Cl. The minimum atomic E-state index is -4.54. The lowest BCUT2D eigenvalue weighted by atomic mass is 10.2. The highest BCUT2D eigenvalue weighted by atomic mass is 35.5. The zero-order chi connectivity index (χ0) is 16.4. The van der Waals surface area contributed by atoms with Crippen LogP contribution >= 0.6 is 11.6 Å². The summed E-state index contributed by atoms with van der Waals surface area (Å²) in [5.41, 5.74) is 0.0107. The van der Waals surface area contributed by atoms with Gasteiger partial charge in [0.05, 0.1) is 5.02 Å². The molecule has 1 fully saturated rings. The normalized spacial score (nSPS) is 15.0. The lowest BCUT2D eigenvalue weighted by molar-refractivity contribution is -0.138. The van der Waals surface area contributed by atoms with Gasteiger partial charge in [-0.05, 0) is 43.2 Å². The minimum Gasteiger partial charge on any atom is -0.437 e. The van der Waals surface area contributed by atoms with Crippen LogP contribution in [0.3, 0.4) is 0 Å². The van der Waals surface area contributed by atoms with E-state index in [1.807, 2.05) is 0 Å². The molecule has 1 aromatic heterocycles. The highest BCUT2D eigenvalue weighted by Gasteiger charge is 2.35. The first kappa shape index (κ1) is 15.9. The van der Waals surface area contributed by atoms with E-state index < -0.39 is 17.6 Å². The van der Waals surface area contributed by atoms with E-state index in [9.17, 15) is 13.2 Å². The number of halogens is 4.